The van der Waals surface area contributed by atoms with Gasteiger partial charge in [0.25, 0.3) is 0 Å². The van der Waals surface area contributed by atoms with Crippen molar-refractivity contribution in [2.75, 3.05) is 16.3 Å². The summed E-state index contributed by atoms with van der Waals surface area (Å²) in [6, 6.07) is 4.12. The predicted molar refractivity (Wildman–Crippen MR) is 101 cm³/mol. The highest BCUT2D eigenvalue weighted by Gasteiger charge is 2.38. The Balaban J connectivity index is 2.14. The van der Waals surface area contributed by atoms with Crippen molar-refractivity contribution in [3.8, 4) is 11.1 Å². The fourth-order valence-corrected chi connectivity index (χ4v) is 3.43. The summed E-state index contributed by atoms with van der Waals surface area (Å²) in [6.45, 7) is 6.73. The second kappa shape index (κ2) is 7.41. The van der Waals surface area contributed by atoms with Crippen LogP contribution in [0.25, 0.3) is 11.1 Å². The lowest BCUT2D eigenvalue weighted by molar-refractivity contribution is -0.140. The Bertz CT molecular complexity index is 939. The number of anilines is 2. The number of rotatable bonds is 2. The fourth-order valence-electron chi connectivity index (χ4n) is 3.43. The van der Waals surface area contributed by atoms with E-state index in [4.69, 9.17) is 4.74 Å². The topological polar surface area (TPSA) is 78.5 Å². The van der Waals surface area contributed by atoms with Crippen LogP contribution in [0.5, 0.6) is 0 Å². The Labute approximate surface area is 165 Å². The molecule has 1 atom stereocenters. The number of alkyl halides is 3. The third kappa shape index (κ3) is 3.92. The van der Waals surface area contributed by atoms with Crippen LogP contribution in [0.3, 0.4) is 0 Å². The zero-order chi connectivity index (χ0) is 21.5. The van der Waals surface area contributed by atoms with E-state index < -0.39 is 18.0 Å². The Kier molecular flexibility index (Phi) is 5.29. The van der Waals surface area contributed by atoms with Gasteiger partial charge in [-0.2, -0.15) is 18.3 Å². The number of aromatic nitrogens is 2. The number of ether oxygens (including phenoxy) is 1. The normalized spacial score (nSPS) is 16.8. The molecule has 3 rings (SSSR count). The number of hydrogen-bond acceptors (Lipinski definition) is 4. The maximum Gasteiger partial charge on any atom is 0.433 e. The van der Waals surface area contributed by atoms with Crippen LogP contribution < -0.4 is 9.80 Å². The van der Waals surface area contributed by atoms with Gasteiger partial charge >= 0.3 is 12.3 Å². The van der Waals surface area contributed by atoms with Crippen LogP contribution in [0.2, 0.25) is 0 Å². The lowest BCUT2D eigenvalue weighted by atomic mass is 10.0. The SMILES string of the molecule is CC(=O)N1c2ccc(-c3cn[nH]c3C(F)(F)F)cc2N(C(=O)OC(C)C)CC1C. The quantitative estimate of drug-likeness (QED) is 0.805. The molecule has 2 amide bonds. The monoisotopic (exact) mass is 410 g/mol. The molecular weight excluding hydrogens is 389 g/mol. The first-order chi connectivity index (χ1) is 13.5. The minimum Gasteiger partial charge on any atom is -0.446 e. The molecule has 1 unspecified atom stereocenters. The van der Waals surface area contributed by atoms with Crippen molar-refractivity contribution in [2.24, 2.45) is 0 Å². The van der Waals surface area contributed by atoms with Crippen LogP contribution in [0.15, 0.2) is 24.4 Å². The first kappa shape index (κ1) is 20.7. The van der Waals surface area contributed by atoms with Crippen LogP contribution in [-0.2, 0) is 15.7 Å². The molecule has 2 aromatic rings. The summed E-state index contributed by atoms with van der Waals surface area (Å²) in [5.74, 6) is -0.234. The first-order valence-corrected chi connectivity index (χ1v) is 9.03. The number of benzene rings is 1. The molecule has 156 valence electrons. The van der Waals surface area contributed by atoms with E-state index >= 15 is 0 Å². The van der Waals surface area contributed by atoms with Gasteiger partial charge in [0.15, 0.2) is 0 Å². The standard InChI is InChI=1S/C19H21F3N4O3/c1-10(2)29-18(28)25-9-11(3)26(12(4)27)15-6-5-13(7-16(15)25)14-8-23-24-17(14)19(20,21)22/h5-8,10-11H,9H2,1-4H3,(H,23,24). The number of carbonyl (C=O) groups excluding carboxylic acids is 2. The summed E-state index contributed by atoms with van der Waals surface area (Å²) in [6.07, 6.45) is -4.54. The smallest absolute Gasteiger partial charge is 0.433 e. The summed E-state index contributed by atoms with van der Waals surface area (Å²) in [4.78, 5) is 27.6. The van der Waals surface area contributed by atoms with E-state index in [9.17, 15) is 22.8 Å². The predicted octanol–water partition coefficient (Wildman–Crippen LogP) is 4.20. The molecule has 0 bridgehead atoms. The summed E-state index contributed by atoms with van der Waals surface area (Å²) in [5.41, 5.74) is -0.189. The molecule has 1 aromatic heterocycles. The number of fused-ring (bicyclic) bond motifs is 1. The number of H-pyrrole nitrogens is 1. The minimum absolute atomic E-state index is 0.148. The number of hydrogen-bond donors (Lipinski definition) is 1. The molecule has 0 fully saturated rings. The molecule has 0 saturated carbocycles. The number of carbonyl (C=O) groups is 2. The van der Waals surface area contributed by atoms with E-state index in [-0.39, 0.29) is 35.7 Å². The molecular formula is C19H21F3N4O3. The second-order valence-corrected chi connectivity index (χ2v) is 7.14. The van der Waals surface area contributed by atoms with Gasteiger partial charge in [-0.1, -0.05) is 6.07 Å². The molecule has 1 aliphatic rings. The van der Waals surface area contributed by atoms with Crippen molar-refractivity contribution in [1.29, 1.82) is 0 Å². The number of amides is 2. The number of nitrogens with zero attached hydrogens (tertiary/aromatic N) is 3. The van der Waals surface area contributed by atoms with Crippen LogP contribution in [0.1, 0.15) is 33.4 Å². The molecule has 1 aliphatic heterocycles. The molecule has 0 saturated heterocycles. The minimum atomic E-state index is -4.61. The van der Waals surface area contributed by atoms with Gasteiger partial charge in [-0.05, 0) is 38.5 Å². The highest BCUT2D eigenvalue weighted by molar-refractivity contribution is 6.03. The van der Waals surface area contributed by atoms with Gasteiger partial charge in [-0.25, -0.2) is 4.79 Å². The average Bonchev–Trinajstić information content (AvgIpc) is 3.09. The van der Waals surface area contributed by atoms with Crippen molar-refractivity contribution < 1.29 is 27.5 Å². The van der Waals surface area contributed by atoms with E-state index in [1.807, 2.05) is 5.10 Å². The summed E-state index contributed by atoms with van der Waals surface area (Å²) < 4.78 is 45.1. The molecule has 1 aromatic carbocycles. The summed E-state index contributed by atoms with van der Waals surface area (Å²) in [7, 11) is 0. The van der Waals surface area contributed by atoms with E-state index in [1.54, 1.807) is 20.8 Å². The highest BCUT2D eigenvalue weighted by atomic mass is 19.4. The van der Waals surface area contributed by atoms with Crippen LogP contribution >= 0.6 is 0 Å². The number of nitrogens with one attached hydrogen (secondary N) is 1. The zero-order valence-corrected chi connectivity index (χ0v) is 16.4. The number of aromatic amines is 1. The summed E-state index contributed by atoms with van der Waals surface area (Å²) >= 11 is 0. The van der Waals surface area contributed by atoms with Gasteiger partial charge in [0.2, 0.25) is 5.91 Å². The van der Waals surface area contributed by atoms with Gasteiger partial charge < -0.3 is 9.64 Å². The van der Waals surface area contributed by atoms with Crippen LogP contribution in [0.4, 0.5) is 29.3 Å². The van der Waals surface area contributed by atoms with E-state index in [0.717, 1.165) is 6.20 Å². The average molecular weight is 410 g/mol. The van der Waals surface area contributed by atoms with E-state index in [1.165, 1.54) is 34.9 Å². The fraction of sp³-hybridized carbons (Fsp3) is 0.421. The molecule has 10 heteroatoms. The highest BCUT2D eigenvalue weighted by Crippen LogP contribution is 2.41. The van der Waals surface area contributed by atoms with E-state index in [2.05, 4.69) is 5.10 Å². The van der Waals surface area contributed by atoms with Gasteiger partial charge in [-0.15, -0.1) is 0 Å². The lowest BCUT2D eigenvalue weighted by Gasteiger charge is -2.40. The van der Waals surface area contributed by atoms with Gasteiger partial charge in [0.05, 0.1) is 29.7 Å². The largest absolute Gasteiger partial charge is 0.446 e. The lowest BCUT2D eigenvalue weighted by Crippen LogP contribution is -2.51. The van der Waals surface area contributed by atoms with Crippen LogP contribution in [0, 0.1) is 0 Å². The Morgan fingerprint density at radius 1 is 1.28 bits per heavy atom. The summed E-state index contributed by atoms with van der Waals surface area (Å²) in [5, 5.41) is 5.48. The molecule has 0 radical (unpaired) electrons. The van der Waals surface area contributed by atoms with Gasteiger partial charge in [0, 0.05) is 19.0 Å². The molecule has 0 spiro atoms. The molecule has 7 nitrogen and oxygen atoms in total. The van der Waals surface area contributed by atoms with Crippen molar-refractivity contribution >= 4 is 23.4 Å². The van der Waals surface area contributed by atoms with Gasteiger partial charge in [-0.3, -0.25) is 14.8 Å². The Hall–Kier alpha value is -3.04. The maximum absolute atomic E-state index is 13.3. The van der Waals surface area contributed by atoms with E-state index in [0.29, 0.717) is 11.4 Å². The molecule has 0 aliphatic carbocycles. The molecule has 1 N–H and O–H groups in total. The van der Waals surface area contributed by atoms with Crippen molar-refractivity contribution in [2.45, 2.75) is 46.0 Å². The second-order valence-electron chi connectivity index (χ2n) is 7.14. The number of halogens is 3. The molecule has 29 heavy (non-hydrogen) atoms. The third-order valence-corrected chi connectivity index (χ3v) is 4.54. The van der Waals surface area contributed by atoms with Gasteiger partial charge in [0.1, 0.15) is 5.69 Å². The Morgan fingerprint density at radius 3 is 2.55 bits per heavy atom. The first-order valence-electron chi connectivity index (χ1n) is 9.03. The third-order valence-electron chi connectivity index (χ3n) is 4.54. The molecule has 2 heterocycles. The zero-order valence-electron chi connectivity index (χ0n) is 16.4. The van der Waals surface area contributed by atoms with Crippen molar-refractivity contribution in [1.82, 2.24) is 10.2 Å². The Morgan fingerprint density at radius 2 is 1.97 bits per heavy atom. The van der Waals surface area contributed by atoms with Crippen molar-refractivity contribution in [3.63, 3.8) is 0 Å². The van der Waals surface area contributed by atoms with Crippen molar-refractivity contribution in [3.05, 3.63) is 30.1 Å². The van der Waals surface area contributed by atoms with Crippen LogP contribution in [-0.4, -0.2) is 40.9 Å². The maximum atomic E-state index is 13.3.